The number of halogens is 2. The van der Waals surface area contributed by atoms with Crippen LogP contribution in [0.3, 0.4) is 0 Å². The van der Waals surface area contributed by atoms with Crippen LogP contribution in [-0.4, -0.2) is 28.9 Å². The van der Waals surface area contributed by atoms with Gasteiger partial charge in [-0.15, -0.1) is 0 Å². The lowest BCUT2D eigenvalue weighted by Crippen LogP contribution is -2.34. The summed E-state index contributed by atoms with van der Waals surface area (Å²) in [6.07, 6.45) is 2.50. The van der Waals surface area contributed by atoms with Gasteiger partial charge in [-0.25, -0.2) is 4.98 Å². The molecule has 1 aromatic heterocycles. The van der Waals surface area contributed by atoms with E-state index < -0.39 is 0 Å². The smallest absolute Gasteiger partial charge is 0.217 e. The lowest BCUT2D eigenvalue weighted by molar-refractivity contribution is -0.119. The van der Waals surface area contributed by atoms with Crippen molar-refractivity contribution in [3.63, 3.8) is 0 Å². The number of pyridine rings is 1. The molecule has 1 amide bonds. The topological polar surface area (TPSA) is 59.2 Å². The van der Waals surface area contributed by atoms with Crippen LogP contribution in [0, 0.1) is 5.92 Å². The number of nitrogens with zero attached hydrogens (tertiary/aromatic N) is 2. The van der Waals surface area contributed by atoms with E-state index in [2.05, 4.69) is 9.88 Å². The molecule has 0 saturated carbocycles. The molecule has 0 atom stereocenters. The normalized spacial score (nSPS) is 17.6. The summed E-state index contributed by atoms with van der Waals surface area (Å²) in [6.45, 7) is 2.68. The Morgan fingerprint density at radius 1 is 1.37 bits per heavy atom. The zero-order chi connectivity index (χ0) is 13.8. The van der Waals surface area contributed by atoms with Gasteiger partial charge in [0, 0.05) is 18.5 Å². The summed E-state index contributed by atoms with van der Waals surface area (Å²) in [5, 5.41) is 0.876. The zero-order valence-electron chi connectivity index (χ0n) is 10.6. The molecule has 19 heavy (non-hydrogen) atoms. The molecule has 1 saturated heterocycles. The largest absolute Gasteiger partial charge is 0.370 e. The number of rotatable bonds is 4. The van der Waals surface area contributed by atoms with Crippen LogP contribution in [0.25, 0.3) is 0 Å². The molecule has 104 valence electrons. The molecule has 0 aliphatic carbocycles. The summed E-state index contributed by atoms with van der Waals surface area (Å²) in [5.41, 5.74) is 6.21. The van der Waals surface area contributed by atoms with Gasteiger partial charge in [-0.3, -0.25) is 9.69 Å². The van der Waals surface area contributed by atoms with Crippen molar-refractivity contribution in [3.8, 4) is 0 Å². The monoisotopic (exact) mass is 301 g/mol. The van der Waals surface area contributed by atoms with Crippen molar-refractivity contribution < 1.29 is 4.79 Å². The fraction of sp³-hybridized carbons (Fsp3) is 0.538. The van der Waals surface area contributed by atoms with Crippen molar-refractivity contribution in [3.05, 3.63) is 28.0 Å². The Hall–Kier alpha value is -0.840. The first kappa shape index (κ1) is 14.6. The average molecular weight is 302 g/mol. The van der Waals surface area contributed by atoms with E-state index in [1.807, 2.05) is 6.07 Å². The predicted octanol–water partition coefficient (Wildman–Crippen LogP) is 2.48. The van der Waals surface area contributed by atoms with Gasteiger partial charge >= 0.3 is 0 Å². The third-order valence-corrected chi connectivity index (χ3v) is 4.02. The highest BCUT2D eigenvalue weighted by Crippen LogP contribution is 2.24. The van der Waals surface area contributed by atoms with Crippen molar-refractivity contribution in [2.45, 2.75) is 25.8 Å². The summed E-state index contributed by atoms with van der Waals surface area (Å²) in [5.74, 6) is 0.218. The number of hydrogen-bond donors (Lipinski definition) is 1. The molecule has 1 aliphatic heterocycles. The Bertz CT molecular complexity index is 459. The molecule has 0 aromatic carbocycles. The highest BCUT2D eigenvalue weighted by Gasteiger charge is 2.21. The first-order chi connectivity index (χ1) is 9.04. The second kappa shape index (κ2) is 6.55. The number of likely N-dealkylation sites (tertiary alicyclic amines) is 1. The Labute approximate surface area is 122 Å². The van der Waals surface area contributed by atoms with E-state index in [1.54, 1.807) is 6.07 Å². The van der Waals surface area contributed by atoms with Gasteiger partial charge in [0.25, 0.3) is 0 Å². The minimum absolute atomic E-state index is 0.205. The molecule has 4 nitrogen and oxygen atoms in total. The van der Waals surface area contributed by atoms with Crippen LogP contribution in [0.15, 0.2) is 12.1 Å². The third kappa shape index (κ3) is 4.34. The number of nitrogens with two attached hydrogens (primary N) is 1. The van der Waals surface area contributed by atoms with E-state index in [0.29, 0.717) is 22.6 Å². The van der Waals surface area contributed by atoms with Gasteiger partial charge in [0.15, 0.2) is 0 Å². The average Bonchev–Trinajstić information content (AvgIpc) is 2.34. The lowest BCUT2D eigenvalue weighted by Gasteiger charge is -2.31. The van der Waals surface area contributed by atoms with E-state index in [9.17, 15) is 4.79 Å². The maximum atomic E-state index is 10.9. The number of primary amides is 1. The molecule has 0 radical (unpaired) electrons. The molecular weight excluding hydrogens is 285 g/mol. The third-order valence-electron chi connectivity index (χ3n) is 3.48. The summed E-state index contributed by atoms with van der Waals surface area (Å²) in [4.78, 5) is 17.2. The second-order valence-electron chi connectivity index (χ2n) is 4.97. The Morgan fingerprint density at radius 2 is 2.05 bits per heavy atom. The van der Waals surface area contributed by atoms with Crippen molar-refractivity contribution in [2.75, 3.05) is 13.1 Å². The van der Waals surface area contributed by atoms with Gasteiger partial charge in [0.2, 0.25) is 5.91 Å². The molecule has 2 heterocycles. The predicted molar refractivity (Wildman–Crippen MR) is 76.1 cm³/mol. The molecule has 0 unspecified atom stereocenters. The molecule has 2 rings (SSSR count). The first-order valence-corrected chi connectivity index (χ1v) is 7.12. The van der Waals surface area contributed by atoms with E-state index in [-0.39, 0.29) is 5.91 Å². The van der Waals surface area contributed by atoms with Gasteiger partial charge in [-0.05, 0) is 37.9 Å². The molecule has 1 aromatic rings. The summed E-state index contributed by atoms with van der Waals surface area (Å²) in [7, 11) is 0. The Morgan fingerprint density at radius 3 is 2.63 bits per heavy atom. The summed E-state index contributed by atoms with van der Waals surface area (Å²) in [6, 6.07) is 3.66. The molecule has 1 fully saturated rings. The van der Waals surface area contributed by atoms with E-state index in [1.165, 1.54) is 0 Å². The Kier molecular flexibility index (Phi) is 5.02. The van der Waals surface area contributed by atoms with Crippen molar-refractivity contribution >= 4 is 29.1 Å². The second-order valence-corrected chi connectivity index (χ2v) is 5.72. The summed E-state index contributed by atoms with van der Waals surface area (Å²) >= 11 is 11.8. The highest BCUT2D eigenvalue weighted by molar-refractivity contribution is 6.32. The van der Waals surface area contributed by atoms with Crippen LogP contribution >= 0.6 is 23.2 Å². The van der Waals surface area contributed by atoms with Gasteiger partial charge in [-0.1, -0.05) is 29.3 Å². The SMILES string of the molecule is NC(=O)CC1CCN(Cc2ccc(Cl)nc2Cl)CC1. The lowest BCUT2D eigenvalue weighted by atomic mass is 9.93. The quantitative estimate of drug-likeness (QED) is 0.869. The van der Waals surface area contributed by atoms with E-state index in [4.69, 9.17) is 28.9 Å². The molecule has 1 aliphatic rings. The van der Waals surface area contributed by atoms with Crippen LogP contribution in [0.5, 0.6) is 0 Å². The van der Waals surface area contributed by atoms with Crippen LogP contribution < -0.4 is 5.73 Å². The number of piperidine rings is 1. The highest BCUT2D eigenvalue weighted by atomic mass is 35.5. The van der Waals surface area contributed by atoms with Crippen LogP contribution in [0.1, 0.15) is 24.8 Å². The fourth-order valence-corrected chi connectivity index (χ4v) is 2.84. The molecule has 2 N–H and O–H groups in total. The molecule has 0 spiro atoms. The maximum absolute atomic E-state index is 10.9. The van der Waals surface area contributed by atoms with E-state index in [0.717, 1.165) is 38.0 Å². The van der Waals surface area contributed by atoms with Crippen LogP contribution in [-0.2, 0) is 11.3 Å². The minimum atomic E-state index is -0.205. The molecule has 0 bridgehead atoms. The first-order valence-electron chi connectivity index (χ1n) is 6.36. The maximum Gasteiger partial charge on any atom is 0.217 e. The number of carbonyl (C=O) groups is 1. The number of hydrogen-bond acceptors (Lipinski definition) is 3. The van der Waals surface area contributed by atoms with Crippen molar-refractivity contribution in [1.29, 1.82) is 0 Å². The van der Waals surface area contributed by atoms with Gasteiger partial charge in [-0.2, -0.15) is 0 Å². The fourth-order valence-electron chi connectivity index (χ4n) is 2.43. The van der Waals surface area contributed by atoms with Crippen LogP contribution in [0.4, 0.5) is 0 Å². The zero-order valence-corrected chi connectivity index (χ0v) is 12.1. The minimum Gasteiger partial charge on any atom is -0.370 e. The number of amides is 1. The van der Waals surface area contributed by atoms with Crippen molar-refractivity contribution in [1.82, 2.24) is 9.88 Å². The van der Waals surface area contributed by atoms with E-state index >= 15 is 0 Å². The van der Waals surface area contributed by atoms with Crippen molar-refractivity contribution in [2.24, 2.45) is 11.7 Å². The Balaban J connectivity index is 1.87. The van der Waals surface area contributed by atoms with Crippen LogP contribution in [0.2, 0.25) is 10.3 Å². The van der Waals surface area contributed by atoms with Gasteiger partial charge < -0.3 is 5.73 Å². The standard InChI is InChI=1S/C13H17Cl2N3O/c14-11-2-1-10(13(15)17-11)8-18-5-3-9(4-6-18)7-12(16)19/h1-2,9H,3-8H2,(H2,16,19). The number of aromatic nitrogens is 1. The summed E-state index contributed by atoms with van der Waals surface area (Å²) < 4.78 is 0. The van der Waals surface area contributed by atoms with Gasteiger partial charge in [0.1, 0.15) is 10.3 Å². The number of carbonyl (C=O) groups excluding carboxylic acids is 1. The molecule has 6 heteroatoms. The van der Waals surface area contributed by atoms with Gasteiger partial charge in [0.05, 0.1) is 0 Å². The molecular formula is C13H17Cl2N3O.